The normalized spacial score (nSPS) is 11.4. The minimum atomic E-state index is -1.23. The third-order valence-corrected chi connectivity index (χ3v) is 4.85. The topological polar surface area (TPSA) is 81.0 Å². The number of rotatable bonds is 5. The fourth-order valence-corrected chi connectivity index (χ4v) is 2.61. The van der Waals surface area contributed by atoms with Gasteiger partial charge in [0.1, 0.15) is 5.56 Å². The van der Waals surface area contributed by atoms with Gasteiger partial charge >= 0.3 is 5.97 Å². The molecule has 0 aliphatic heterocycles. The van der Waals surface area contributed by atoms with Crippen LogP contribution >= 0.6 is 0 Å². The number of nitrogens with zero attached hydrogens (tertiary/aromatic N) is 1. The van der Waals surface area contributed by atoms with Crippen molar-refractivity contribution >= 4 is 19.9 Å². The Labute approximate surface area is 125 Å². The molecule has 0 aliphatic rings. The predicted molar refractivity (Wildman–Crippen MR) is 86.9 cm³/mol. The molecule has 0 fully saturated rings. The smallest absolute Gasteiger partial charge is 0.344 e. The van der Waals surface area contributed by atoms with Crippen LogP contribution in [0.3, 0.4) is 0 Å². The minimum Gasteiger partial charge on any atom is -0.462 e. The predicted octanol–water partition coefficient (Wildman–Crippen LogP) is 3.15. The molecule has 0 saturated heterocycles. The minimum absolute atomic E-state index is 0.173. The van der Waals surface area contributed by atoms with Gasteiger partial charge < -0.3 is 10.5 Å². The summed E-state index contributed by atoms with van der Waals surface area (Å²) in [6.07, 6.45) is 0. The lowest BCUT2D eigenvalue weighted by Gasteiger charge is -2.15. The van der Waals surface area contributed by atoms with Crippen LogP contribution in [-0.2, 0) is 4.74 Å². The van der Waals surface area contributed by atoms with Gasteiger partial charge in [-0.1, -0.05) is 50.0 Å². The number of esters is 1. The molecule has 0 radical (unpaired) electrons. The fourth-order valence-electron chi connectivity index (χ4n) is 1.90. The van der Waals surface area contributed by atoms with Crippen molar-refractivity contribution in [2.75, 3.05) is 12.3 Å². The van der Waals surface area contributed by atoms with Gasteiger partial charge in [0.15, 0.2) is 5.82 Å². The van der Waals surface area contributed by atoms with Crippen LogP contribution in [0, 0.1) is 0 Å². The number of carbonyl (C=O) groups is 1. The summed E-state index contributed by atoms with van der Waals surface area (Å²) in [5.41, 5.74) is 7.58. The van der Waals surface area contributed by atoms with Crippen LogP contribution in [0.15, 0.2) is 30.3 Å². The van der Waals surface area contributed by atoms with Gasteiger partial charge in [0.2, 0.25) is 0 Å². The van der Waals surface area contributed by atoms with E-state index in [0.717, 1.165) is 11.6 Å². The highest BCUT2D eigenvalue weighted by atomic mass is 28.3. The molecule has 21 heavy (non-hydrogen) atoms. The van der Waals surface area contributed by atoms with E-state index in [0.29, 0.717) is 17.9 Å². The Morgan fingerprint density at radius 2 is 1.95 bits per heavy atom. The zero-order valence-electron chi connectivity index (χ0n) is 12.6. The van der Waals surface area contributed by atoms with Crippen molar-refractivity contribution in [2.45, 2.75) is 25.7 Å². The Bertz CT molecular complexity index is 618. The molecule has 0 unspecified atom stereocenters. The maximum Gasteiger partial charge on any atom is 0.344 e. The third-order valence-electron chi connectivity index (χ3n) is 3.15. The van der Waals surface area contributed by atoms with E-state index in [1.54, 1.807) is 0 Å². The van der Waals surface area contributed by atoms with Crippen molar-refractivity contribution in [3.8, 4) is 11.3 Å². The molecule has 6 heteroatoms. The van der Waals surface area contributed by atoms with Gasteiger partial charge in [-0.15, -0.1) is 0 Å². The number of aromatic amines is 1. The summed E-state index contributed by atoms with van der Waals surface area (Å²) in [6, 6.07) is 10.4. The van der Waals surface area contributed by atoms with Crippen molar-refractivity contribution in [3.63, 3.8) is 0 Å². The molecule has 0 saturated carbocycles. The van der Waals surface area contributed by atoms with E-state index in [2.05, 4.69) is 29.8 Å². The molecule has 3 N–H and O–H groups in total. The maximum atomic E-state index is 12.3. The van der Waals surface area contributed by atoms with Crippen LogP contribution in [-0.4, -0.2) is 30.8 Å². The number of ether oxygens (including phenoxy) is 1. The third kappa shape index (κ3) is 3.95. The highest BCUT2D eigenvalue weighted by Gasteiger charge is 2.22. The van der Waals surface area contributed by atoms with E-state index in [-0.39, 0.29) is 5.82 Å². The van der Waals surface area contributed by atoms with Crippen LogP contribution < -0.4 is 5.73 Å². The number of hydrogen-bond acceptors (Lipinski definition) is 4. The number of anilines is 1. The van der Waals surface area contributed by atoms with E-state index in [1.165, 1.54) is 0 Å². The molecule has 0 aliphatic carbocycles. The number of aromatic nitrogens is 2. The zero-order valence-corrected chi connectivity index (χ0v) is 13.6. The number of hydrogen-bond donors (Lipinski definition) is 2. The Balaban J connectivity index is 2.16. The lowest BCUT2D eigenvalue weighted by Crippen LogP contribution is -2.23. The molecule has 2 aromatic rings. The second-order valence-corrected chi connectivity index (χ2v) is 11.8. The fraction of sp³-hybridized carbons (Fsp3) is 0.333. The summed E-state index contributed by atoms with van der Waals surface area (Å²) in [5.74, 6) is -0.245. The molecule has 0 amide bonds. The molecular formula is C15H21N3O2Si. The van der Waals surface area contributed by atoms with Crippen LogP contribution in [0.5, 0.6) is 0 Å². The van der Waals surface area contributed by atoms with E-state index in [4.69, 9.17) is 10.5 Å². The number of nitrogens with one attached hydrogen (secondary N) is 1. The van der Waals surface area contributed by atoms with Gasteiger partial charge in [-0.25, -0.2) is 4.79 Å². The molecule has 5 nitrogen and oxygen atoms in total. The van der Waals surface area contributed by atoms with Crippen molar-refractivity contribution in [1.29, 1.82) is 0 Å². The second kappa shape index (κ2) is 6.13. The van der Waals surface area contributed by atoms with E-state index >= 15 is 0 Å². The summed E-state index contributed by atoms with van der Waals surface area (Å²) in [5, 5.41) is 6.74. The molecule has 0 bridgehead atoms. The lowest BCUT2D eigenvalue weighted by molar-refractivity contribution is 0.0527. The van der Waals surface area contributed by atoms with Gasteiger partial charge in [0.25, 0.3) is 0 Å². The molecule has 112 valence electrons. The summed E-state index contributed by atoms with van der Waals surface area (Å²) in [7, 11) is -1.23. The van der Waals surface area contributed by atoms with Crippen LogP contribution in [0.25, 0.3) is 11.3 Å². The van der Waals surface area contributed by atoms with Gasteiger partial charge in [0.05, 0.1) is 12.3 Å². The van der Waals surface area contributed by atoms with Crippen LogP contribution in [0.2, 0.25) is 25.7 Å². The Kier molecular flexibility index (Phi) is 4.47. The van der Waals surface area contributed by atoms with Crippen LogP contribution in [0.4, 0.5) is 5.82 Å². The van der Waals surface area contributed by atoms with E-state index in [1.807, 2.05) is 30.3 Å². The average molecular weight is 303 g/mol. The summed E-state index contributed by atoms with van der Waals surface area (Å²) < 4.78 is 5.36. The number of benzene rings is 1. The number of nitrogens with two attached hydrogens (primary N) is 1. The number of H-pyrrole nitrogens is 1. The molecule has 1 aromatic heterocycles. The Morgan fingerprint density at radius 1 is 1.29 bits per heavy atom. The first-order valence-corrected chi connectivity index (χ1v) is 10.7. The number of nitrogen functional groups attached to an aromatic ring is 1. The van der Waals surface area contributed by atoms with Gasteiger partial charge in [-0.05, 0) is 6.04 Å². The number of carbonyl (C=O) groups excluding carboxylic acids is 1. The van der Waals surface area contributed by atoms with Crippen molar-refractivity contribution in [3.05, 3.63) is 35.9 Å². The van der Waals surface area contributed by atoms with E-state index < -0.39 is 14.0 Å². The van der Waals surface area contributed by atoms with Gasteiger partial charge in [0, 0.05) is 13.6 Å². The molecule has 1 heterocycles. The highest BCUT2D eigenvalue weighted by molar-refractivity contribution is 6.76. The quantitative estimate of drug-likeness (QED) is 0.656. The molecule has 0 spiro atoms. The largest absolute Gasteiger partial charge is 0.462 e. The van der Waals surface area contributed by atoms with Gasteiger partial charge in [-0.3, -0.25) is 5.10 Å². The Morgan fingerprint density at radius 3 is 2.57 bits per heavy atom. The van der Waals surface area contributed by atoms with E-state index in [9.17, 15) is 4.79 Å². The van der Waals surface area contributed by atoms with Crippen LogP contribution in [0.1, 0.15) is 10.4 Å². The summed E-state index contributed by atoms with van der Waals surface area (Å²) in [6.45, 7) is 7.14. The first-order valence-electron chi connectivity index (χ1n) is 6.95. The van der Waals surface area contributed by atoms with Gasteiger partial charge in [-0.2, -0.15) is 5.10 Å². The summed E-state index contributed by atoms with van der Waals surface area (Å²) in [4.78, 5) is 12.3. The molecule has 2 rings (SSSR count). The SMILES string of the molecule is C[Si](C)(C)CCOC(=O)c1c(N)n[nH]c1-c1ccccc1. The lowest BCUT2D eigenvalue weighted by atomic mass is 10.1. The van der Waals surface area contributed by atoms with Crippen molar-refractivity contribution in [1.82, 2.24) is 10.2 Å². The molecule has 1 aromatic carbocycles. The Hall–Kier alpha value is -2.08. The first-order chi connectivity index (χ1) is 9.88. The highest BCUT2D eigenvalue weighted by Crippen LogP contribution is 2.25. The maximum absolute atomic E-state index is 12.3. The molecular weight excluding hydrogens is 282 g/mol. The first kappa shape index (κ1) is 15.3. The van der Waals surface area contributed by atoms with Crippen molar-refractivity contribution in [2.24, 2.45) is 0 Å². The standard InChI is InChI=1S/C15H21N3O2Si/c1-21(2,3)10-9-20-15(19)12-13(17-18-14(12)16)11-7-5-4-6-8-11/h4-8H,9-10H2,1-3H3,(H3,16,17,18). The summed E-state index contributed by atoms with van der Waals surface area (Å²) >= 11 is 0. The average Bonchev–Trinajstić information content (AvgIpc) is 2.80. The van der Waals surface area contributed by atoms with Crippen molar-refractivity contribution < 1.29 is 9.53 Å². The molecule has 0 atom stereocenters. The zero-order chi connectivity index (χ0) is 15.5. The monoisotopic (exact) mass is 303 g/mol. The second-order valence-electron chi connectivity index (χ2n) is 6.17.